The van der Waals surface area contributed by atoms with Gasteiger partial charge in [-0.25, -0.2) is 0 Å². The molecule has 0 atom stereocenters. The Labute approximate surface area is 126 Å². The molecule has 0 unspecified atom stereocenters. The van der Waals surface area contributed by atoms with Crippen molar-refractivity contribution in [3.63, 3.8) is 0 Å². The molecule has 0 heterocycles. The molecule has 0 saturated carbocycles. The first kappa shape index (κ1) is 17.0. The molecule has 0 amide bonds. The van der Waals surface area contributed by atoms with Gasteiger partial charge in [-0.2, -0.15) is 0 Å². The SMILES string of the molecule is [CH]=CCCCCc1ccc(CCCCCCCC)cc1. The summed E-state index contributed by atoms with van der Waals surface area (Å²) in [7, 11) is 0. The number of hydrogen-bond acceptors (Lipinski definition) is 0. The Bertz CT molecular complexity index is 334. The lowest BCUT2D eigenvalue weighted by atomic mass is 10.0. The maximum atomic E-state index is 5.39. The summed E-state index contributed by atoms with van der Waals surface area (Å²) < 4.78 is 0. The quantitative estimate of drug-likeness (QED) is 0.392. The van der Waals surface area contributed by atoms with E-state index in [1.165, 1.54) is 75.3 Å². The number of allylic oxidation sites excluding steroid dienone is 1. The van der Waals surface area contributed by atoms with Gasteiger partial charge >= 0.3 is 0 Å². The number of hydrogen-bond donors (Lipinski definition) is 0. The Hall–Kier alpha value is -1.04. The van der Waals surface area contributed by atoms with Crippen molar-refractivity contribution >= 4 is 0 Å². The van der Waals surface area contributed by atoms with Gasteiger partial charge in [0.15, 0.2) is 0 Å². The molecule has 0 aliphatic carbocycles. The van der Waals surface area contributed by atoms with Crippen LogP contribution in [0.3, 0.4) is 0 Å². The summed E-state index contributed by atoms with van der Waals surface area (Å²) in [5.74, 6) is 0. The Balaban J connectivity index is 2.13. The second kappa shape index (κ2) is 11.8. The molecule has 0 bridgehead atoms. The van der Waals surface area contributed by atoms with E-state index in [2.05, 4.69) is 31.2 Å². The minimum Gasteiger partial charge on any atom is -0.0845 e. The molecule has 1 rings (SSSR count). The zero-order valence-corrected chi connectivity index (χ0v) is 13.2. The van der Waals surface area contributed by atoms with Gasteiger partial charge in [0.1, 0.15) is 0 Å². The smallest absolute Gasteiger partial charge is 0.0279 e. The van der Waals surface area contributed by atoms with Crippen molar-refractivity contribution in [2.75, 3.05) is 0 Å². The van der Waals surface area contributed by atoms with Crippen LogP contribution in [0.2, 0.25) is 0 Å². The Morgan fingerprint density at radius 1 is 0.750 bits per heavy atom. The van der Waals surface area contributed by atoms with E-state index in [0.29, 0.717) is 0 Å². The largest absolute Gasteiger partial charge is 0.0845 e. The lowest BCUT2D eigenvalue weighted by Crippen LogP contribution is -1.89. The minimum atomic E-state index is 1.04. The van der Waals surface area contributed by atoms with Gasteiger partial charge in [-0.15, -0.1) is 0 Å². The van der Waals surface area contributed by atoms with Crippen LogP contribution in [0.1, 0.15) is 75.8 Å². The minimum absolute atomic E-state index is 1.04. The summed E-state index contributed by atoms with van der Waals surface area (Å²) in [6, 6.07) is 9.24. The van der Waals surface area contributed by atoms with E-state index >= 15 is 0 Å². The Morgan fingerprint density at radius 2 is 1.25 bits per heavy atom. The van der Waals surface area contributed by atoms with Crippen LogP contribution in [-0.2, 0) is 12.8 Å². The zero-order valence-electron chi connectivity index (χ0n) is 13.2. The van der Waals surface area contributed by atoms with E-state index in [-0.39, 0.29) is 0 Å². The lowest BCUT2D eigenvalue weighted by molar-refractivity contribution is 0.607. The van der Waals surface area contributed by atoms with Crippen LogP contribution in [0.25, 0.3) is 0 Å². The summed E-state index contributed by atoms with van der Waals surface area (Å²) >= 11 is 0. The number of aryl methyl sites for hydroxylation is 2. The fourth-order valence-electron chi connectivity index (χ4n) is 2.57. The first-order chi connectivity index (χ1) is 9.86. The van der Waals surface area contributed by atoms with Gasteiger partial charge in [-0.05, 0) is 49.7 Å². The predicted octanol–water partition coefficient (Wildman–Crippen LogP) is 6.29. The van der Waals surface area contributed by atoms with Gasteiger partial charge in [0.05, 0.1) is 0 Å². The first-order valence-electron chi connectivity index (χ1n) is 8.48. The third kappa shape index (κ3) is 8.19. The van der Waals surface area contributed by atoms with Crippen molar-refractivity contribution in [1.29, 1.82) is 0 Å². The molecule has 111 valence electrons. The summed E-state index contributed by atoms with van der Waals surface area (Å²) in [5, 5.41) is 0. The van der Waals surface area contributed by atoms with Crippen molar-refractivity contribution in [3.8, 4) is 0 Å². The second-order valence-electron chi connectivity index (χ2n) is 5.82. The van der Waals surface area contributed by atoms with E-state index in [1.54, 1.807) is 6.08 Å². The van der Waals surface area contributed by atoms with Crippen molar-refractivity contribution in [2.45, 2.75) is 77.6 Å². The van der Waals surface area contributed by atoms with E-state index in [0.717, 1.165) is 6.42 Å². The van der Waals surface area contributed by atoms with Gasteiger partial charge in [0, 0.05) is 0 Å². The Kier molecular flexibility index (Phi) is 10.0. The van der Waals surface area contributed by atoms with Crippen LogP contribution in [0.15, 0.2) is 30.3 Å². The third-order valence-electron chi connectivity index (χ3n) is 3.93. The summed E-state index contributed by atoms with van der Waals surface area (Å²) in [5.41, 5.74) is 2.97. The molecule has 0 heteroatoms. The van der Waals surface area contributed by atoms with Crippen molar-refractivity contribution in [2.24, 2.45) is 0 Å². The summed E-state index contributed by atoms with van der Waals surface area (Å²) in [6.07, 6.45) is 16.0. The number of unbranched alkanes of at least 4 members (excludes halogenated alkanes) is 7. The highest BCUT2D eigenvalue weighted by atomic mass is 14.0. The third-order valence-corrected chi connectivity index (χ3v) is 3.93. The summed E-state index contributed by atoms with van der Waals surface area (Å²) in [4.78, 5) is 0. The average molecular weight is 271 g/mol. The van der Waals surface area contributed by atoms with Gasteiger partial charge in [-0.1, -0.05) is 75.9 Å². The van der Waals surface area contributed by atoms with Crippen LogP contribution in [0.5, 0.6) is 0 Å². The molecule has 1 radical (unpaired) electrons. The standard InChI is InChI=1S/C20H31/c1-3-5-7-9-10-12-14-20-17-15-19(16-18-20)13-11-8-6-4-2/h2,4,15-18H,3,5-14H2,1H3. The van der Waals surface area contributed by atoms with E-state index in [9.17, 15) is 0 Å². The van der Waals surface area contributed by atoms with Crippen LogP contribution >= 0.6 is 0 Å². The molecule has 0 spiro atoms. The molecule has 0 aromatic heterocycles. The fourth-order valence-corrected chi connectivity index (χ4v) is 2.57. The molecule has 0 saturated heterocycles. The molecule has 0 aliphatic rings. The monoisotopic (exact) mass is 271 g/mol. The molecular weight excluding hydrogens is 240 g/mol. The van der Waals surface area contributed by atoms with E-state index in [4.69, 9.17) is 6.58 Å². The maximum absolute atomic E-state index is 5.39. The van der Waals surface area contributed by atoms with Gasteiger partial charge in [0.2, 0.25) is 0 Å². The lowest BCUT2D eigenvalue weighted by Gasteiger charge is -2.05. The van der Waals surface area contributed by atoms with Gasteiger partial charge in [0.25, 0.3) is 0 Å². The average Bonchev–Trinajstić information content (AvgIpc) is 2.49. The number of benzene rings is 1. The number of rotatable bonds is 12. The molecule has 0 fully saturated rings. The van der Waals surface area contributed by atoms with Crippen LogP contribution < -0.4 is 0 Å². The molecule has 0 aliphatic heterocycles. The van der Waals surface area contributed by atoms with Gasteiger partial charge < -0.3 is 0 Å². The van der Waals surface area contributed by atoms with Crippen molar-refractivity contribution in [1.82, 2.24) is 0 Å². The van der Waals surface area contributed by atoms with Crippen LogP contribution in [-0.4, -0.2) is 0 Å². The van der Waals surface area contributed by atoms with Gasteiger partial charge in [-0.3, -0.25) is 0 Å². The van der Waals surface area contributed by atoms with Crippen LogP contribution in [0, 0.1) is 6.58 Å². The molecule has 1 aromatic rings. The Morgan fingerprint density at radius 3 is 1.80 bits per heavy atom. The zero-order chi connectivity index (χ0) is 14.5. The molecule has 1 aromatic carbocycles. The molecule has 0 nitrogen and oxygen atoms in total. The van der Waals surface area contributed by atoms with E-state index in [1.807, 2.05) is 0 Å². The van der Waals surface area contributed by atoms with E-state index < -0.39 is 0 Å². The molecule has 0 N–H and O–H groups in total. The highest BCUT2D eigenvalue weighted by molar-refractivity contribution is 5.22. The fraction of sp³-hybridized carbons (Fsp3) is 0.600. The topological polar surface area (TPSA) is 0 Å². The normalized spacial score (nSPS) is 10.7. The first-order valence-corrected chi connectivity index (χ1v) is 8.48. The second-order valence-corrected chi connectivity index (χ2v) is 5.82. The van der Waals surface area contributed by atoms with Crippen molar-refractivity contribution < 1.29 is 0 Å². The molecular formula is C20H31. The highest BCUT2D eigenvalue weighted by Crippen LogP contribution is 2.12. The summed E-state index contributed by atoms with van der Waals surface area (Å²) in [6.45, 7) is 7.66. The van der Waals surface area contributed by atoms with Crippen molar-refractivity contribution in [3.05, 3.63) is 48.0 Å². The highest BCUT2D eigenvalue weighted by Gasteiger charge is 1.96. The predicted molar refractivity (Wildman–Crippen MR) is 89.9 cm³/mol. The maximum Gasteiger partial charge on any atom is -0.0279 e. The molecule has 20 heavy (non-hydrogen) atoms. The van der Waals surface area contributed by atoms with Crippen LogP contribution in [0.4, 0.5) is 0 Å².